The van der Waals surface area contributed by atoms with Crippen LogP contribution in [0.3, 0.4) is 0 Å². The van der Waals surface area contributed by atoms with Gasteiger partial charge in [0.25, 0.3) is 0 Å². The Hall–Kier alpha value is -1.97. The van der Waals surface area contributed by atoms with E-state index in [0.29, 0.717) is 0 Å². The van der Waals surface area contributed by atoms with Gasteiger partial charge in [-0.25, -0.2) is 0 Å². The van der Waals surface area contributed by atoms with E-state index in [4.69, 9.17) is 5.73 Å². The predicted octanol–water partition coefficient (Wildman–Crippen LogP) is 2.42. The molecular weight excluding hydrogens is 224 g/mol. The molecule has 1 heterocycles. The topological polar surface area (TPSA) is 47.1 Å². The van der Waals surface area contributed by atoms with Gasteiger partial charge in [-0.3, -0.25) is 4.68 Å². The molecule has 0 saturated carbocycles. The highest BCUT2D eigenvalue weighted by Crippen LogP contribution is 2.19. The van der Waals surface area contributed by atoms with Gasteiger partial charge in [0.1, 0.15) is 0 Å². The number of hydrogen-bond donors (Lipinski definition) is 1. The van der Waals surface area contributed by atoms with Crippen LogP contribution >= 0.6 is 0 Å². The van der Waals surface area contributed by atoms with Crippen LogP contribution in [-0.4, -0.2) is 16.3 Å². The molecule has 4 heteroatoms. The van der Waals surface area contributed by atoms with Crippen LogP contribution in [0.25, 0.3) is 0 Å². The van der Waals surface area contributed by atoms with Crippen LogP contribution < -0.4 is 10.6 Å². The molecule has 0 amide bonds. The first-order chi connectivity index (χ1) is 8.69. The number of benzene rings is 1. The fourth-order valence-corrected chi connectivity index (χ4v) is 2.03. The van der Waals surface area contributed by atoms with E-state index < -0.39 is 0 Å². The van der Waals surface area contributed by atoms with Crippen molar-refractivity contribution >= 4 is 11.4 Å². The van der Waals surface area contributed by atoms with Crippen molar-refractivity contribution in [1.82, 2.24) is 9.78 Å². The minimum atomic E-state index is 0.802. The number of rotatable bonds is 5. The van der Waals surface area contributed by atoms with E-state index >= 15 is 0 Å². The summed E-state index contributed by atoms with van der Waals surface area (Å²) < 4.78 is 1.84. The number of aryl methyl sites for hydroxylation is 1. The zero-order valence-corrected chi connectivity index (χ0v) is 11.0. The maximum atomic E-state index is 5.72. The number of nitrogen functional groups attached to an aromatic ring is 1. The third kappa shape index (κ3) is 3.03. The molecule has 2 rings (SSSR count). The smallest absolute Gasteiger partial charge is 0.0539 e. The highest BCUT2D eigenvalue weighted by Gasteiger charge is 2.07. The molecule has 18 heavy (non-hydrogen) atoms. The summed E-state index contributed by atoms with van der Waals surface area (Å²) in [5.41, 5.74) is 8.96. The van der Waals surface area contributed by atoms with Crippen LogP contribution in [-0.2, 0) is 13.6 Å². The maximum absolute atomic E-state index is 5.72. The first-order valence-electron chi connectivity index (χ1n) is 6.27. The second kappa shape index (κ2) is 5.58. The zero-order chi connectivity index (χ0) is 13.0. The lowest BCUT2D eigenvalue weighted by molar-refractivity contribution is 0.757. The van der Waals surface area contributed by atoms with Crippen molar-refractivity contribution < 1.29 is 0 Å². The summed E-state index contributed by atoms with van der Waals surface area (Å²) >= 11 is 0. The molecule has 0 unspecified atom stereocenters. The SMILES string of the molecule is CCCN(Cc1cnn(C)c1)c1ccc(N)cc1. The van der Waals surface area contributed by atoms with E-state index in [1.54, 1.807) is 0 Å². The molecule has 2 aromatic rings. The first-order valence-corrected chi connectivity index (χ1v) is 6.27. The van der Waals surface area contributed by atoms with Crippen molar-refractivity contribution in [1.29, 1.82) is 0 Å². The summed E-state index contributed by atoms with van der Waals surface area (Å²) in [6.07, 6.45) is 5.09. The van der Waals surface area contributed by atoms with Crippen LogP contribution in [0.5, 0.6) is 0 Å². The van der Waals surface area contributed by atoms with Gasteiger partial charge in [0.15, 0.2) is 0 Å². The fourth-order valence-electron chi connectivity index (χ4n) is 2.03. The van der Waals surface area contributed by atoms with Gasteiger partial charge in [-0.1, -0.05) is 6.92 Å². The van der Waals surface area contributed by atoms with Crippen LogP contribution in [0, 0.1) is 0 Å². The summed E-state index contributed by atoms with van der Waals surface area (Å²) in [6.45, 7) is 4.10. The second-order valence-corrected chi connectivity index (χ2v) is 4.54. The Kier molecular flexibility index (Phi) is 3.87. The zero-order valence-electron chi connectivity index (χ0n) is 11.0. The summed E-state index contributed by atoms with van der Waals surface area (Å²) in [5.74, 6) is 0. The number of nitrogens with zero attached hydrogens (tertiary/aromatic N) is 3. The normalized spacial score (nSPS) is 10.6. The molecular formula is C14H20N4. The van der Waals surface area contributed by atoms with Crippen molar-refractivity contribution in [2.24, 2.45) is 7.05 Å². The maximum Gasteiger partial charge on any atom is 0.0539 e. The van der Waals surface area contributed by atoms with E-state index in [0.717, 1.165) is 25.2 Å². The van der Waals surface area contributed by atoms with Crippen LogP contribution in [0.4, 0.5) is 11.4 Å². The van der Waals surface area contributed by atoms with Gasteiger partial charge in [0.2, 0.25) is 0 Å². The van der Waals surface area contributed by atoms with E-state index in [1.165, 1.54) is 11.3 Å². The lowest BCUT2D eigenvalue weighted by Gasteiger charge is -2.23. The van der Waals surface area contributed by atoms with Crippen LogP contribution in [0.2, 0.25) is 0 Å². The first kappa shape index (κ1) is 12.5. The van der Waals surface area contributed by atoms with Crippen LogP contribution in [0.15, 0.2) is 36.7 Å². The quantitative estimate of drug-likeness (QED) is 0.822. The molecule has 0 saturated heterocycles. The van der Waals surface area contributed by atoms with Gasteiger partial charge in [-0.2, -0.15) is 5.10 Å². The van der Waals surface area contributed by atoms with E-state index in [2.05, 4.69) is 35.3 Å². The van der Waals surface area contributed by atoms with Crippen molar-refractivity contribution in [3.8, 4) is 0 Å². The van der Waals surface area contributed by atoms with Crippen LogP contribution in [0.1, 0.15) is 18.9 Å². The molecule has 0 bridgehead atoms. The Bertz CT molecular complexity index is 487. The molecule has 0 aliphatic heterocycles. The van der Waals surface area contributed by atoms with Gasteiger partial charge in [-0.05, 0) is 30.7 Å². The third-order valence-corrected chi connectivity index (χ3v) is 2.88. The molecule has 2 N–H and O–H groups in total. The van der Waals surface area contributed by atoms with E-state index in [1.807, 2.05) is 30.1 Å². The Morgan fingerprint density at radius 3 is 2.56 bits per heavy atom. The van der Waals surface area contributed by atoms with Gasteiger partial charge in [0, 0.05) is 43.3 Å². The number of aromatic nitrogens is 2. The third-order valence-electron chi connectivity index (χ3n) is 2.88. The van der Waals surface area contributed by atoms with Crippen molar-refractivity contribution in [2.45, 2.75) is 19.9 Å². The van der Waals surface area contributed by atoms with E-state index in [-0.39, 0.29) is 0 Å². The number of anilines is 2. The summed E-state index contributed by atoms with van der Waals surface area (Å²) in [6, 6.07) is 8.03. The summed E-state index contributed by atoms with van der Waals surface area (Å²) in [7, 11) is 1.94. The Morgan fingerprint density at radius 1 is 1.28 bits per heavy atom. The van der Waals surface area contributed by atoms with Crippen molar-refractivity contribution in [2.75, 3.05) is 17.2 Å². The molecule has 0 aliphatic rings. The molecule has 0 radical (unpaired) electrons. The van der Waals surface area contributed by atoms with Gasteiger partial charge in [-0.15, -0.1) is 0 Å². The Balaban J connectivity index is 2.14. The molecule has 0 atom stereocenters. The lowest BCUT2D eigenvalue weighted by atomic mass is 10.2. The molecule has 0 fully saturated rings. The minimum absolute atomic E-state index is 0.802. The predicted molar refractivity (Wildman–Crippen MR) is 75.4 cm³/mol. The summed E-state index contributed by atoms with van der Waals surface area (Å²) in [4.78, 5) is 2.34. The monoisotopic (exact) mass is 244 g/mol. The van der Waals surface area contributed by atoms with Crippen molar-refractivity contribution in [3.63, 3.8) is 0 Å². The standard InChI is InChI=1S/C14H20N4/c1-3-8-18(11-12-9-16-17(2)10-12)14-6-4-13(15)5-7-14/h4-7,9-10H,3,8,11,15H2,1-2H3. The molecule has 96 valence electrons. The van der Waals surface area contributed by atoms with Gasteiger partial charge >= 0.3 is 0 Å². The largest absolute Gasteiger partial charge is 0.399 e. The molecule has 4 nitrogen and oxygen atoms in total. The Morgan fingerprint density at radius 2 is 2.00 bits per heavy atom. The van der Waals surface area contributed by atoms with E-state index in [9.17, 15) is 0 Å². The fraction of sp³-hybridized carbons (Fsp3) is 0.357. The Labute approximate surface area is 108 Å². The molecule has 0 aliphatic carbocycles. The molecule has 1 aromatic heterocycles. The van der Waals surface area contributed by atoms with Crippen molar-refractivity contribution in [3.05, 3.63) is 42.2 Å². The average Bonchev–Trinajstić information content (AvgIpc) is 2.75. The van der Waals surface area contributed by atoms with Gasteiger partial charge in [0.05, 0.1) is 6.20 Å². The minimum Gasteiger partial charge on any atom is -0.399 e. The van der Waals surface area contributed by atoms with Gasteiger partial charge < -0.3 is 10.6 Å². The molecule has 0 spiro atoms. The molecule has 1 aromatic carbocycles. The second-order valence-electron chi connectivity index (χ2n) is 4.54. The highest BCUT2D eigenvalue weighted by molar-refractivity contribution is 5.53. The highest BCUT2D eigenvalue weighted by atomic mass is 15.2. The number of nitrogens with two attached hydrogens (primary N) is 1. The average molecular weight is 244 g/mol. The number of hydrogen-bond acceptors (Lipinski definition) is 3. The summed E-state index contributed by atoms with van der Waals surface area (Å²) in [5, 5.41) is 4.21. The lowest BCUT2D eigenvalue weighted by Crippen LogP contribution is -2.23.